The zero-order chi connectivity index (χ0) is 21.5. The van der Waals surface area contributed by atoms with Gasteiger partial charge in [0.2, 0.25) is 0 Å². The number of fused-ring (bicyclic) bond motifs is 3. The molecular formula is C24H30N6O. The van der Waals surface area contributed by atoms with Gasteiger partial charge in [-0.15, -0.1) is 5.10 Å². The lowest BCUT2D eigenvalue weighted by Gasteiger charge is -2.28. The van der Waals surface area contributed by atoms with Gasteiger partial charge in [-0.3, -0.25) is 0 Å². The van der Waals surface area contributed by atoms with Crippen molar-refractivity contribution < 1.29 is 4.74 Å². The monoisotopic (exact) mass is 418 g/mol. The number of aromatic nitrogens is 3. The van der Waals surface area contributed by atoms with Crippen molar-refractivity contribution >= 4 is 22.4 Å². The molecule has 31 heavy (non-hydrogen) atoms. The number of aryl methyl sites for hydroxylation is 1. The van der Waals surface area contributed by atoms with E-state index in [0.29, 0.717) is 18.7 Å². The minimum Gasteiger partial charge on any atom is -0.374 e. The molecule has 5 rings (SSSR count). The summed E-state index contributed by atoms with van der Waals surface area (Å²) >= 11 is 0. The lowest BCUT2D eigenvalue weighted by atomic mass is 9.98. The second-order valence-electron chi connectivity index (χ2n) is 8.77. The van der Waals surface area contributed by atoms with E-state index < -0.39 is 0 Å². The number of benzene rings is 1. The SMILES string of the molecule is CNCc1nnc(N[C@H](C)c2cccc(C)c2C)c2cc(N3C[C@H]4C[C@@H]3CO4)ncc12. The van der Waals surface area contributed by atoms with Gasteiger partial charge < -0.3 is 20.3 Å². The molecule has 2 N–H and O–H groups in total. The van der Waals surface area contributed by atoms with Crippen molar-refractivity contribution in [1.29, 1.82) is 0 Å². The van der Waals surface area contributed by atoms with Gasteiger partial charge in [0.25, 0.3) is 0 Å². The van der Waals surface area contributed by atoms with Gasteiger partial charge in [0.05, 0.1) is 30.5 Å². The summed E-state index contributed by atoms with van der Waals surface area (Å²) in [5.74, 6) is 1.79. The number of hydrogen-bond donors (Lipinski definition) is 2. The number of nitrogens with zero attached hydrogens (tertiary/aromatic N) is 4. The smallest absolute Gasteiger partial charge is 0.157 e. The van der Waals surface area contributed by atoms with Gasteiger partial charge in [-0.25, -0.2) is 4.98 Å². The standard InChI is InChI=1S/C24H30N6O/c1-14-6-5-7-19(15(14)2)16(3)27-24-20-9-23(30-12-18-8-17(30)13-31-18)26-10-21(20)22(11-25-4)28-29-24/h5-7,9-10,16-18,25H,8,11-13H2,1-4H3,(H,27,29)/t16-,17-,18-/m1/s1. The van der Waals surface area contributed by atoms with Crippen LogP contribution in [0.2, 0.25) is 0 Å². The highest BCUT2D eigenvalue weighted by molar-refractivity contribution is 5.94. The maximum absolute atomic E-state index is 5.78. The number of morpholine rings is 1. The third-order valence-corrected chi connectivity index (χ3v) is 6.73. The maximum atomic E-state index is 5.78. The van der Waals surface area contributed by atoms with E-state index in [-0.39, 0.29) is 6.04 Å². The van der Waals surface area contributed by atoms with E-state index in [4.69, 9.17) is 9.72 Å². The van der Waals surface area contributed by atoms with Crippen LogP contribution in [0.15, 0.2) is 30.5 Å². The van der Waals surface area contributed by atoms with Crippen molar-refractivity contribution in [2.24, 2.45) is 0 Å². The van der Waals surface area contributed by atoms with E-state index in [1.807, 2.05) is 13.2 Å². The van der Waals surface area contributed by atoms with Crippen molar-refractivity contribution in [3.63, 3.8) is 0 Å². The molecule has 7 heteroatoms. The van der Waals surface area contributed by atoms with Gasteiger partial charge in [0.1, 0.15) is 5.82 Å². The Morgan fingerprint density at radius 1 is 1.23 bits per heavy atom. The third kappa shape index (κ3) is 3.62. The molecule has 3 aromatic rings. The van der Waals surface area contributed by atoms with Crippen LogP contribution in [-0.2, 0) is 11.3 Å². The van der Waals surface area contributed by atoms with Crippen LogP contribution in [0.3, 0.4) is 0 Å². The predicted octanol–water partition coefficient (Wildman–Crippen LogP) is 3.51. The first kappa shape index (κ1) is 20.2. The highest BCUT2D eigenvalue weighted by atomic mass is 16.5. The van der Waals surface area contributed by atoms with E-state index in [9.17, 15) is 0 Å². The molecule has 7 nitrogen and oxygen atoms in total. The Kier molecular flexibility index (Phi) is 5.24. The fourth-order valence-corrected chi connectivity index (χ4v) is 4.86. The largest absolute Gasteiger partial charge is 0.374 e. The number of anilines is 2. The summed E-state index contributed by atoms with van der Waals surface area (Å²) in [6, 6.07) is 9.15. The number of nitrogens with one attached hydrogen (secondary N) is 2. The summed E-state index contributed by atoms with van der Waals surface area (Å²) in [4.78, 5) is 7.18. The van der Waals surface area contributed by atoms with Gasteiger partial charge >= 0.3 is 0 Å². The van der Waals surface area contributed by atoms with E-state index in [1.165, 1.54) is 16.7 Å². The Bertz CT molecular complexity index is 1120. The van der Waals surface area contributed by atoms with Crippen LogP contribution in [-0.4, -0.2) is 47.5 Å². The normalized spacial score (nSPS) is 21.1. The number of rotatable bonds is 6. The van der Waals surface area contributed by atoms with E-state index in [0.717, 1.165) is 47.7 Å². The summed E-state index contributed by atoms with van der Waals surface area (Å²) in [7, 11) is 1.92. The van der Waals surface area contributed by atoms with Gasteiger partial charge in [-0.2, -0.15) is 5.10 Å². The third-order valence-electron chi connectivity index (χ3n) is 6.73. The summed E-state index contributed by atoms with van der Waals surface area (Å²) in [6.45, 7) is 8.86. The van der Waals surface area contributed by atoms with Crippen LogP contribution in [0.1, 0.15) is 41.8 Å². The summed E-state index contributed by atoms with van der Waals surface area (Å²) in [5, 5.41) is 18.0. The first-order valence-electron chi connectivity index (χ1n) is 11.1. The molecule has 2 aliphatic rings. The molecule has 0 saturated carbocycles. The molecule has 0 aliphatic carbocycles. The molecule has 0 spiro atoms. The Morgan fingerprint density at radius 2 is 2.10 bits per heavy atom. The molecule has 0 amide bonds. The van der Waals surface area contributed by atoms with E-state index >= 15 is 0 Å². The molecule has 2 bridgehead atoms. The van der Waals surface area contributed by atoms with Crippen molar-refractivity contribution in [2.75, 3.05) is 30.4 Å². The average molecular weight is 419 g/mol. The van der Waals surface area contributed by atoms with Gasteiger partial charge in [-0.05, 0) is 57.0 Å². The van der Waals surface area contributed by atoms with Crippen molar-refractivity contribution in [1.82, 2.24) is 20.5 Å². The first-order valence-corrected chi connectivity index (χ1v) is 11.1. The van der Waals surface area contributed by atoms with Crippen molar-refractivity contribution in [3.8, 4) is 0 Å². The molecule has 2 fully saturated rings. The lowest BCUT2D eigenvalue weighted by Crippen LogP contribution is -2.37. The summed E-state index contributed by atoms with van der Waals surface area (Å²) in [6.07, 6.45) is 3.38. The fraction of sp³-hybridized carbons (Fsp3) is 0.458. The van der Waals surface area contributed by atoms with Crippen LogP contribution in [0.4, 0.5) is 11.6 Å². The molecule has 4 heterocycles. The Hall–Kier alpha value is -2.77. The van der Waals surface area contributed by atoms with Gasteiger partial charge in [0, 0.05) is 30.1 Å². The average Bonchev–Trinajstić information content (AvgIpc) is 3.41. The van der Waals surface area contributed by atoms with Crippen LogP contribution in [0.25, 0.3) is 10.8 Å². The second kappa shape index (κ2) is 8.05. The molecule has 162 valence electrons. The molecule has 2 aromatic heterocycles. The highest BCUT2D eigenvalue weighted by Gasteiger charge is 2.39. The zero-order valence-electron chi connectivity index (χ0n) is 18.6. The van der Waals surface area contributed by atoms with Crippen molar-refractivity contribution in [2.45, 2.75) is 51.9 Å². The van der Waals surface area contributed by atoms with E-state index in [1.54, 1.807) is 0 Å². The molecular weight excluding hydrogens is 388 g/mol. The highest BCUT2D eigenvalue weighted by Crippen LogP contribution is 2.35. The lowest BCUT2D eigenvalue weighted by molar-refractivity contribution is 0.0989. The summed E-state index contributed by atoms with van der Waals surface area (Å²) < 4.78 is 5.78. The molecule has 0 radical (unpaired) electrons. The minimum absolute atomic E-state index is 0.111. The Labute approximate surface area is 183 Å². The van der Waals surface area contributed by atoms with Crippen LogP contribution in [0.5, 0.6) is 0 Å². The predicted molar refractivity (Wildman–Crippen MR) is 124 cm³/mol. The number of hydrogen-bond acceptors (Lipinski definition) is 7. The van der Waals surface area contributed by atoms with Gasteiger partial charge in [-0.1, -0.05) is 18.2 Å². The molecule has 0 unspecified atom stereocenters. The van der Waals surface area contributed by atoms with Crippen LogP contribution >= 0.6 is 0 Å². The molecule has 1 aromatic carbocycles. The molecule has 2 saturated heterocycles. The fourth-order valence-electron chi connectivity index (χ4n) is 4.86. The first-order chi connectivity index (χ1) is 15.0. The minimum atomic E-state index is 0.111. The topological polar surface area (TPSA) is 75.2 Å². The van der Waals surface area contributed by atoms with Crippen molar-refractivity contribution in [3.05, 3.63) is 52.8 Å². The quantitative estimate of drug-likeness (QED) is 0.634. The molecule has 3 atom stereocenters. The second-order valence-corrected chi connectivity index (χ2v) is 8.77. The Balaban J connectivity index is 1.54. The maximum Gasteiger partial charge on any atom is 0.157 e. The zero-order valence-corrected chi connectivity index (χ0v) is 18.6. The van der Waals surface area contributed by atoms with Crippen LogP contribution in [0, 0.1) is 13.8 Å². The van der Waals surface area contributed by atoms with Gasteiger partial charge in [0.15, 0.2) is 5.82 Å². The van der Waals surface area contributed by atoms with Crippen LogP contribution < -0.4 is 15.5 Å². The van der Waals surface area contributed by atoms with E-state index in [2.05, 4.69) is 70.8 Å². The molecule has 2 aliphatic heterocycles. The Morgan fingerprint density at radius 3 is 2.84 bits per heavy atom. The number of ether oxygens (including phenoxy) is 1. The summed E-state index contributed by atoms with van der Waals surface area (Å²) in [5.41, 5.74) is 4.79. The number of pyridine rings is 1.